The Morgan fingerprint density at radius 1 is 1.23 bits per heavy atom. The van der Waals surface area contributed by atoms with Gasteiger partial charge in [-0.25, -0.2) is 4.39 Å². The molecule has 1 amide bonds. The van der Waals surface area contributed by atoms with Crippen molar-refractivity contribution in [2.75, 3.05) is 18.1 Å². The highest BCUT2D eigenvalue weighted by Crippen LogP contribution is 2.33. The van der Waals surface area contributed by atoms with Crippen molar-refractivity contribution in [1.29, 1.82) is 0 Å². The van der Waals surface area contributed by atoms with E-state index >= 15 is 0 Å². The van der Waals surface area contributed by atoms with E-state index in [1.807, 2.05) is 31.2 Å². The van der Waals surface area contributed by atoms with Crippen molar-refractivity contribution < 1.29 is 18.4 Å². The zero-order valence-electron chi connectivity index (χ0n) is 17.3. The Balaban J connectivity index is 1.47. The third-order valence-electron chi connectivity index (χ3n) is 5.01. The average Bonchev–Trinajstić information content (AvgIpc) is 3.34. The minimum absolute atomic E-state index is 0.158. The lowest BCUT2D eigenvalue weighted by molar-refractivity contribution is -0.117. The lowest BCUT2D eigenvalue weighted by Gasteiger charge is -2.17. The van der Waals surface area contributed by atoms with Gasteiger partial charge in [0.2, 0.25) is 17.6 Å². The molecule has 1 atom stereocenters. The Labute approximate surface area is 174 Å². The van der Waals surface area contributed by atoms with Crippen LogP contribution in [0.15, 0.2) is 47.0 Å². The summed E-state index contributed by atoms with van der Waals surface area (Å²) < 4.78 is 25.4. The fourth-order valence-electron chi connectivity index (χ4n) is 3.42. The van der Waals surface area contributed by atoms with E-state index in [1.165, 1.54) is 11.0 Å². The molecule has 1 unspecified atom stereocenters. The third kappa shape index (κ3) is 4.20. The predicted molar refractivity (Wildman–Crippen MR) is 111 cm³/mol. The molecule has 6 nitrogen and oxygen atoms in total. The molecule has 2 heterocycles. The second kappa shape index (κ2) is 8.26. The molecule has 0 bridgehead atoms. The zero-order valence-corrected chi connectivity index (χ0v) is 17.3. The molecule has 0 N–H and O–H groups in total. The fourth-order valence-corrected chi connectivity index (χ4v) is 3.42. The number of hydrogen-bond acceptors (Lipinski definition) is 5. The summed E-state index contributed by atoms with van der Waals surface area (Å²) >= 11 is 0. The molecule has 1 fully saturated rings. The number of nitrogens with zero attached hydrogens (tertiary/aromatic N) is 3. The van der Waals surface area contributed by atoms with Gasteiger partial charge in [-0.1, -0.05) is 25.1 Å². The van der Waals surface area contributed by atoms with Crippen LogP contribution in [0.2, 0.25) is 0 Å². The molecule has 4 rings (SSSR count). The first kappa shape index (κ1) is 20.1. The minimum atomic E-state index is -0.407. The normalized spacial score (nSPS) is 16.5. The fraction of sp³-hybridized carbons (Fsp3) is 0.348. The molecule has 0 aliphatic carbocycles. The number of aryl methyl sites for hydroxylation is 1. The van der Waals surface area contributed by atoms with Gasteiger partial charge in [-0.3, -0.25) is 4.79 Å². The van der Waals surface area contributed by atoms with Gasteiger partial charge in [0.25, 0.3) is 0 Å². The van der Waals surface area contributed by atoms with Crippen LogP contribution in [-0.2, 0) is 4.79 Å². The SMILES string of the molecule is Cc1ccc(N2CC(c3nc(-c4ccc(OCC(C)C)cc4)no3)CC2=O)c(F)c1. The first-order valence-corrected chi connectivity index (χ1v) is 10.0. The van der Waals surface area contributed by atoms with Crippen molar-refractivity contribution in [3.05, 3.63) is 59.7 Å². The van der Waals surface area contributed by atoms with Crippen LogP contribution in [0.5, 0.6) is 5.75 Å². The van der Waals surface area contributed by atoms with Crippen molar-refractivity contribution in [3.8, 4) is 17.1 Å². The molecule has 0 spiro atoms. The maximum absolute atomic E-state index is 14.3. The van der Waals surface area contributed by atoms with E-state index < -0.39 is 5.82 Å². The van der Waals surface area contributed by atoms with E-state index in [0.717, 1.165) is 16.9 Å². The highest BCUT2D eigenvalue weighted by Gasteiger charge is 2.36. The Morgan fingerprint density at radius 3 is 2.70 bits per heavy atom. The number of anilines is 1. The van der Waals surface area contributed by atoms with E-state index in [1.54, 1.807) is 12.1 Å². The summed E-state index contributed by atoms with van der Waals surface area (Å²) in [5.74, 6) is 1.23. The van der Waals surface area contributed by atoms with E-state index in [9.17, 15) is 9.18 Å². The summed E-state index contributed by atoms with van der Waals surface area (Å²) in [5.41, 5.74) is 1.89. The molecule has 2 aromatic carbocycles. The summed E-state index contributed by atoms with van der Waals surface area (Å²) in [6.45, 7) is 6.96. The van der Waals surface area contributed by atoms with Gasteiger partial charge < -0.3 is 14.2 Å². The van der Waals surface area contributed by atoms with E-state index in [0.29, 0.717) is 30.8 Å². The van der Waals surface area contributed by atoms with Gasteiger partial charge in [0, 0.05) is 18.5 Å². The molecular formula is C23H24FN3O3. The number of ether oxygens (including phenoxy) is 1. The zero-order chi connectivity index (χ0) is 21.3. The summed E-state index contributed by atoms with van der Waals surface area (Å²) in [6, 6.07) is 12.3. The first-order chi connectivity index (χ1) is 14.4. The molecule has 0 radical (unpaired) electrons. The average molecular weight is 409 g/mol. The molecule has 30 heavy (non-hydrogen) atoms. The van der Waals surface area contributed by atoms with Crippen molar-refractivity contribution in [2.45, 2.75) is 33.1 Å². The predicted octanol–water partition coefficient (Wildman–Crippen LogP) is 4.74. The van der Waals surface area contributed by atoms with Crippen molar-refractivity contribution in [2.24, 2.45) is 5.92 Å². The highest BCUT2D eigenvalue weighted by molar-refractivity contribution is 5.96. The van der Waals surface area contributed by atoms with E-state index in [4.69, 9.17) is 9.26 Å². The van der Waals surface area contributed by atoms with Gasteiger partial charge in [0.15, 0.2) is 0 Å². The number of rotatable bonds is 6. The highest BCUT2D eigenvalue weighted by atomic mass is 19.1. The maximum atomic E-state index is 14.3. The number of hydrogen-bond donors (Lipinski definition) is 0. The van der Waals surface area contributed by atoms with Gasteiger partial charge >= 0.3 is 0 Å². The van der Waals surface area contributed by atoms with Gasteiger partial charge in [0.1, 0.15) is 11.6 Å². The topological polar surface area (TPSA) is 68.5 Å². The minimum Gasteiger partial charge on any atom is -0.493 e. The van der Waals surface area contributed by atoms with Crippen LogP contribution >= 0.6 is 0 Å². The number of amides is 1. The maximum Gasteiger partial charge on any atom is 0.232 e. The Kier molecular flexibility index (Phi) is 5.53. The monoisotopic (exact) mass is 409 g/mol. The molecule has 1 aromatic heterocycles. The summed E-state index contributed by atoms with van der Waals surface area (Å²) in [6.07, 6.45) is 0.205. The first-order valence-electron chi connectivity index (χ1n) is 10.0. The van der Waals surface area contributed by atoms with Gasteiger partial charge in [-0.05, 0) is 54.8 Å². The lowest BCUT2D eigenvalue weighted by atomic mass is 10.1. The summed E-state index contributed by atoms with van der Waals surface area (Å²) in [4.78, 5) is 18.4. The molecule has 1 saturated heterocycles. The van der Waals surface area contributed by atoms with Crippen LogP contribution in [0, 0.1) is 18.7 Å². The van der Waals surface area contributed by atoms with E-state index in [2.05, 4.69) is 24.0 Å². The number of benzene rings is 2. The summed E-state index contributed by atoms with van der Waals surface area (Å²) in [5, 5.41) is 4.06. The lowest BCUT2D eigenvalue weighted by Crippen LogP contribution is -2.25. The van der Waals surface area contributed by atoms with Gasteiger partial charge in [-0.2, -0.15) is 4.98 Å². The van der Waals surface area contributed by atoms with Crippen LogP contribution < -0.4 is 9.64 Å². The van der Waals surface area contributed by atoms with E-state index in [-0.39, 0.29) is 23.9 Å². The molecule has 1 aliphatic heterocycles. The van der Waals surface area contributed by atoms with Gasteiger partial charge in [-0.15, -0.1) is 0 Å². The smallest absolute Gasteiger partial charge is 0.232 e. The van der Waals surface area contributed by atoms with Crippen LogP contribution in [0.4, 0.5) is 10.1 Å². The van der Waals surface area contributed by atoms with Gasteiger partial charge in [0.05, 0.1) is 18.2 Å². The van der Waals surface area contributed by atoms with Crippen molar-refractivity contribution in [1.82, 2.24) is 10.1 Å². The van der Waals surface area contributed by atoms with Crippen molar-refractivity contribution >= 4 is 11.6 Å². The quantitative estimate of drug-likeness (QED) is 0.588. The molecular weight excluding hydrogens is 385 g/mol. The van der Waals surface area contributed by atoms with Crippen LogP contribution in [-0.4, -0.2) is 29.2 Å². The second-order valence-electron chi connectivity index (χ2n) is 8.05. The number of carbonyl (C=O) groups excluding carboxylic acids is 1. The number of aromatic nitrogens is 2. The summed E-state index contributed by atoms with van der Waals surface area (Å²) in [7, 11) is 0. The van der Waals surface area contributed by atoms with Crippen LogP contribution in [0.25, 0.3) is 11.4 Å². The molecule has 7 heteroatoms. The molecule has 156 valence electrons. The Morgan fingerprint density at radius 2 is 2.00 bits per heavy atom. The Bertz CT molecular complexity index is 1050. The molecule has 0 saturated carbocycles. The number of carbonyl (C=O) groups is 1. The number of halogens is 1. The second-order valence-corrected chi connectivity index (χ2v) is 8.05. The van der Waals surface area contributed by atoms with Crippen molar-refractivity contribution in [3.63, 3.8) is 0 Å². The molecule has 1 aliphatic rings. The third-order valence-corrected chi connectivity index (χ3v) is 5.01. The largest absolute Gasteiger partial charge is 0.493 e. The Hall–Kier alpha value is -3.22. The molecule has 3 aromatic rings. The van der Waals surface area contributed by atoms with Crippen LogP contribution in [0.3, 0.4) is 0 Å². The standard InChI is InChI=1S/C23H24FN3O3/c1-14(2)13-29-18-7-5-16(6-8-18)22-25-23(30-26-22)17-11-21(28)27(12-17)20-9-4-15(3)10-19(20)24/h4-10,14,17H,11-13H2,1-3H3. The van der Waals surface area contributed by atoms with Crippen LogP contribution in [0.1, 0.15) is 37.6 Å².